The summed E-state index contributed by atoms with van der Waals surface area (Å²) in [6.45, 7) is 4.17. The van der Waals surface area contributed by atoms with Crippen molar-refractivity contribution in [3.63, 3.8) is 0 Å². The van der Waals surface area contributed by atoms with Crippen molar-refractivity contribution in [2.24, 2.45) is 0 Å². The third kappa shape index (κ3) is 34.6. The molecule has 0 aromatic rings. The molecule has 0 heterocycles. The lowest BCUT2D eigenvalue weighted by molar-refractivity contribution is -0.152. The molecular weight excluding hydrogens is 548 g/mol. The molecule has 0 saturated heterocycles. The third-order valence-corrected chi connectivity index (χ3v) is 7.89. The van der Waals surface area contributed by atoms with E-state index in [4.69, 9.17) is 9.47 Å². The second kappa shape index (κ2) is 35.6. The van der Waals surface area contributed by atoms with Crippen molar-refractivity contribution < 1.29 is 24.2 Å². The first-order valence-corrected chi connectivity index (χ1v) is 18.5. The first-order chi connectivity index (χ1) is 21.6. The van der Waals surface area contributed by atoms with Gasteiger partial charge in [0.25, 0.3) is 0 Å². The summed E-state index contributed by atoms with van der Waals surface area (Å²) in [6.07, 6.45) is 41.9. The number of ether oxygens (including phenoxy) is 2. The van der Waals surface area contributed by atoms with E-state index in [-0.39, 0.29) is 25.2 Å². The molecule has 0 fully saturated rings. The van der Waals surface area contributed by atoms with Crippen LogP contribution in [0.2, 0.25) is 0 Å². The lowest BCUT2D eigenvalue weighted by Gasteiger charge is -2.12. The van der Waals surface area contributed by atoms with Gasteiger partial charge in [-0.1, -0.05) is 159 Å². The highest BCUT2D eigenvalue weighted by atomic mass is 16.6. The van der Waals surface area contributed by atoms with Crippen LogP contribution in [0.5, 0.6) is 0 Å². The maximum absolute atomic E-state index is 11.9. The standard InChI is InChI=1S/C39H70O5/c1-3-5-7-9-11-13-15-17-19-21-23-25-27-29-31-33-38(41)43-35-37(40)36-44-39(42)34-32-30-28-26-24-22-20-18-16-14-12-10-8-6-4-2/h5,7,11,13,17,19,37,40H,3-4,6,8-10,12,14-16,18,20-36H2,1-2H3. The maximum atomic E-state index is 11.9. The molecule has 0 spiro atoms. The van der Waals surface area contributed by atoms with Crippen molar-refractivity contribution in [2.75, 3.05) is 13.2 Å². The molecule has 0 aromatic carbocycles. The summed E-state index contributed by atoms with van der Waals surface area (Å²) in [6, 6.07) is 0. The first-order valence-electron chi connectivity index (χ1n) is 18.5. The van der Waals surface area contributed by atoms with E-state index in [1.807, 2.05) is 0 Å². The van der Waals surface area contributed by atoms with Gasteiger partial charge in [-0.15, -0.1) is 0 Å². The van der Waals surface area contributed by atoms with Gasteiger partial charge in [-0.2, -0.15) is 0 Å². The lowest BCUT2D eigenvalue weighted by Crippen LogP contribution is -2.25. The molecule has 0 aliphatic carbocycles. The zero-order chi connectivity index (χ0) is 32.2. The molecule has 0 aliphatic heterocycles. The van der Waals surface area contributed by atoms with Crippen molar-refractivity contribution in [3.05, 3.63) is 36.5 Å². The van der Waals surface area contributed by atoms with Gasteiger partial charge in [-0.05, 0) is 44.9 Å². The van der Waals surface area contributed by atoms with E-state index < -0.39 is 6.10 Å². The van der Waals surface area contributed by atoms with Gasteiger partial charge in [0.1, 0.15) is 19.3 Å². The minimum Gasteiger partial charge on any atom is -0.463 e. The number of allylic oxidation sites excluding steroid dienone is 6. The number of rotatable bonds is 33. The molecule has 44 heavy (non-hydrogen) atoms. The molecule has 0 saturated carbocycles. The van der Waals surface area contributed by atoms with Crippen LogP contribution in [-0.4, -0.2) is 36.4 Å². The van der Waals surface area contributed by atoms with Gasteiger partial charge in [-0.25, -0.2) is 0 Å². The van der Waals surface area contributed by atoms with Crippen molar-refractivity contribution in [3.8, 4) is 0 Å². The summed E-state index contributed by atoms with van der Waals surface area (Å²) in [4.78, 5) is 23.9. The summed E-state index contributed by atoms with van der Waals surface area (Å²) in [5, 5.41) is 9.99. The highest BCUT2D eigenvalue weighted by Gasteiger charge is 2.12. The molecule has 0 radical (unpaired) electrons. The van der Waals surface area contributed by atoms with E-state index in [9.17, 15) is 14.7 Å². The van der Waals surface area contributed by atoms with E-state index >= 15 is 0 Å². The summed E-state index contributed by atoms with van der Waals surface area (Å²) < 4.78 is 10.3. The molecule has 256 valence electrons. The minimum atomic E-state index is -0.967. The Balaban J connectivity index is 3.45. The molecule has 0 rings (SSSR count). The SMILES string of the molecule is CCC=CCC=CCC=CCCCCCCCC(=O)OCC(O)COC(=O)CCCCCCCCCCCCCCCCC. The monoisotopic (exact) mass is 619 g/mol. The molecule has 5 nitrogen and oxygen atoms in total. The molecular formula is C39H70O5. The highest BCUT2D eigenvalue weighted by molar-refractivity contribution is 5.69. The number of aliphatic hydroxyl groups excluding tert-OH is 1. The van der Waals surface area contributed by atoms with Crippen molar-refractivity contribution in [1.29, 1.82) is 0 Å². The molecule has 1 unspecified atom stereocenters. The molecule has 0 bridgehead atoms. The molecule has 0 aromatic heterocycles. The Hall–Kier alpha value is -1.88. The van der Waals surface area contributed by atoms with Crippen molar-refractivity contribution >= 4 is 11.9 Å². The summed E-state index contributed by atoms with van der Waals surface area (Å²) in [5.41, 5.74) is 0. The second-order valence-electron chi connectivity index (χ2n) is 12.3. The zero-order valence-electron chi connectivity index (χ0n) is 28.9. The topological polar surface area (TPSA) is 72.8 Å². The largest absolute Gasteiger partial charge is 0.463 e. The maximum Gasteiger partial charge on any atom is 0.305 e. The van der Waals surface area contributed by atoms with Crippen molar-refractivity contribution in [2.45, 2.75) is 187 Å². The van der Waals surface area contributed by atoms with Crippen molar-refractivity contribution in [1.82, 2.24) is 0 Å². The normalized spacial score (nSPS) is 12.5. The fourth-order valence-electron chi connectivity index (χ4n) is 5.10. The predicted molar refractivity (Wildman–Crippen MR) is 187 cm³/mol. The predicted octanol–water partition coefficient (Wildman–Crippen LogP) is 11.3. The van der Waals surface area contributed by atoms with Gasteiger partial charge >= 0.3 is 11.9 Å². The van der Waals surface area contributed by atoms with Crippen LogP contribution >= 0.6 is 0 Å². The Labute approximate surface area is 272 Å². The number of carbonyl (C=O) groups excluding carboxylic acids is 2. The number of aliphatic hydroxyl groups is 1. The van der Waals surface area contributed by atoms with Crippen LogP contribution in [0.15, 0.2) is 36.5 Å². The van der Waals surface area contributed by atoms with Crippen LogP contribution in [0, 0.1) is 0 Å². The number of hydrogen-bond acceptors (Lipinski definition) is 5. The van der Waals surface area contributed by atoms with Crippen LogP contribution in [0.4, 0.5) is 0 Å². The molecule has 1 N–H and O–H groups in total. The Bertz CT molecular complexity index is 711. The Morgan fingerprint density at radius 3 is 1.30 bits per heavy atom. The third-order valence-electron chi connectivity index (χ3n) is 7.89. The number of esters is 2. The smallest absolute Gasteiger partial charge is 0.305 e. The van der Waals surface area contributed by atoms with E-state index in [1.54, 1.807) is 0 Å². The highest BCUT2D eigenvalue weighted by Crippen LogP contribution is 2.14. The average molecular weight is 619 g/mol. The zero-order valence-corrected chi connectivity index (χ0v) is 28.9. The quantitative estimate of drug-likeness (QED) is 0.0450. The number of hydrogen-bond donors (Lipinski definition) is 1. The van der Waals surface area contributed by atoms with E-state index in [2.05, 4.69) is 50.3 Å². The lowest BCUT2D eigenvalue weighted by atomic mass is 10.0. The van der Waals surface area contributed by atoms with Gasteiger partial charge in [0, 0.05) is 12.8 Å². The van der Waals surface area contributed by atoms with Crippen LogP contribution in [0.3, 0.4) is 0 Å². The van der Waals surface area contributed by atoms with E-state index in [0.29, 0.717) is 12.8 Å². The van der Waals surface area contributed by atoms with Crippen LogP contribution in [0.1, 0.15) is 181 Å². The summed E-state index contributed by atoms with van der Waals surface area (Å²) >= 11 is 0. The Kier molecular flexibility index (Phi) is 34.1. The number of unbranched alkanes of at least 4 members (excludes halogenated alkanes) is 19. The minimum absolute atomic E-state index is 0.119. The second-order valence-corrected chi connectivity index (χ2v) is 12.3. The van der Waals surface area contributed by atoms with E-state index in [0.717, 1.165) is 64.2 Å². The first kappa shape index (κ1) is 42.1. The Morgan fingerprint density at radius 2 is 0.864 bits per heavy atom. The van der Waals surface area contributed by atoms with Crippen LogP contribution in [-0.2, 0) is 19.1 Å². The van der Waals surface area contributed by atoms with Gasteiger partial charge in [0.2, 0.25) is 0 Å². The van der Waals surface area contributed by atoms with E-state index in [1.165, 1.54) is 89.9 Å². The molecule has 1 atom stereocenters. The molecule has 0 amide bonds. The van der Waals surface area contributed by atoms with Crippen LogP contribution < -0.4 is 0 Å². The summed E-state index contributed by atoms with van der Waals surface area (Å²) in [5.74, 6) is -0.581. The average Bonchev–Trinajstić information content (AvgIpc) is 3.02. The fourth-order valence-corrected chi connectivity index (χ4v) is 5.10. The Morgan fingerprint density at radius 1 is 0.500 bits per heavy atom. The summed E-state index contributed by atoms with van der Waals surface area (Å²) in [7, 11) is 0. The molecule has 0 aliphatic rings. The van der Waals surface area contributed by atoms with Gasteiger partial charge in [0.05, 0.1) is 0 Å². The van der Waals surface area contributed by atoms with Gasteiger partial charge < -0.3 is 14.6 Å². The molecule has 5 heteroatoms. The van der Waals surface area contributed by atoms with Gasteiger partial charge in [0.15, 0.2) is 0 Å². The van der Waals surface area contributed by atoms with Gasteiger partial charge in [-0.3, -0.25) is 9.59 Å². The number of carbonyl (C=O) groups is 2. The fraction of sp³-hybridized carbons (Fsp3) is 0.795. The van der Waals surface area contributed by atoms with Crippen LogP contribution in [0.25, 0.3) is 0 Å².